The Labute approximate surface area is 67.9 Å². The van der Waals surface area contributed by atoms with Crippen LogP contribution in [0.15, 0.2) is 0 Å². The molecule has 0 heterocycles. The summed E-state index contributed by atoms with van der Waals surface area (Å²) in [5.74, 6) is -0.0348. The van der Waals surface area contributed by atoms with Gasteiger partial charge < -0.3 is 10.5 Å². The topological polar surface area (TPSA) is 35.2 Å². The highest BCUT2D eigenvalue weighted by atomic mass is 19.1. The van der Waals surface area contributed by atoms with E-state index in [1.54, 1.807) is 7.11 Å². The first-order valence-electron chi connectivity index (χ1n) is 3.92. The molecule has 2 N–H and O–H groups in total. The molecule has 0 aromatic carbocycles. The fourth-order valence-corrected chi connectivity index (χ4v) is 0.797. The van der Waals surface area contributed by atoms with E-state index in [0.29, 0.717) is 6.61 Å². The van der Waals surface area contributed by atoms with Crippen molar-refractivity contribution in [2.75, 3.05) is 20.3 Å². The summed E-state index contributed by atoms with van der Waals surface area (Å²) in [5, 5.41) is 0. The molecule has 0 saturated heterocycles. The van der Waals surface area contributed by atoms with Gasteiger partial charge in [0.05, 0.1) is 0 Å². The summed E-state index contributed by atoms with van der Waals surface area (Å²) >= 11 is 0. The van der Waals surface area contributed by atoms with Gasteiger partial charge in [-0.05, 0) is 19.3 Å². The number of hydrogen-bond acceptors (Lipinski definition) is 2. The van der Waals surface area contributed by atoms with Crippen molar-refractivity contribution in [3.8, 4) is 0 Å². The van der Waals surface area contributed by atoms with Gasteiger partial charge in [0, 0.05) is 20.3 Å². The zero-order valence-corrected chi connectivity index (χ0v) is 7.56. The first kappa shape index (κ1) is 10.8. The summed E-state index contributed by atoms with van der Waals surface area (Å²) in [7, 11) is 1.62. The lowest BCUT2D eigenvalue weighted by Crippen LogP contribution is -2.36. The molecule has 0 aliphatic carbocycles. The van der Waals surface area contributed by atoms with E-state index in [-0.39, 0.29) is 12.5 Å². The van der Waals surface area contributed by atoms with Crippen LogP contribution in [0, 0.1) is 5.92 Å². The van der Waals surface area contributed by atoms with Crippen LogP contribution in [0.2, 0.25) is 0 Å². The van der Waals surface area contributed by atoms with E-state index in [1.807, 2.05) is 6.92 Å². The SMILES string of the molecule is COCCC(C)C(C)(F)CN. The minimum absolute atomic E-state index is 0.0348. The van der Waals surface area contributed by atoms with Gasteiger partial charge in [-0.1, -0.05) is 6.92 Å². The van der Waals surface area contributed by atoms with Crippen LogP contribution >= 0.6 is 0 Å². The Balaban J connectivity index is 3.71. The third-order valence-electron chi connectivity index (χ3n) is 2.18. The average Bonchev–Trinajstić information content (AvgIpc) is 2.00. The third kappa shape index (κ3) is 3.68. The maximum absolute atomic E-state index is 13.4. The number of hydrogen-bond donors (Lipinski definition) is 1. The van der Waals surface area contributed by atoms with E-state index in [1.165, 1.54) is 6.92 Å². The van der Waals surface area contributed by atoms with Crippen LogP contribution in [0.5, 0.6) is 0 Å². The molecule has 0 aliphatic heterocycles. The normalized spacial score (nSPS) is 19.4. The van der Waals surface area contributed by atoms with E-state index < -0.39 is 5.67 Å². The lowest BCUT2D eigenvalue weighted by atomic mass is 9.90. The van der Waals surface area contributed by atoms with Crippen molar-refractivity contribution in [3.05, 3.63) is 0 Å². The van der Waals surface area contributed by atoms with E-state index in [0.717, 1.165) is 6.42 Å². The number of rotatable bonds is 5. The Morgan fingerprint density at radius 1 is 1.64 bits per heavy atom. The highest BCUT2D eigenvalue weighted by molar-refractivity contribution is 4.80. The van der Waals surface area contributed by atoms with E-state index in [4.69, 9.17) is 10.5 Å². The second-order valence-corrected chi connectivity index (χ2v) is 3.16. The Morgan fingerprint density at radius 2 is 2.18 bits per heavy atom. The van der Waals surface area contributed by atoms with Gasteiger partial charge in [0.25, 0.3) is 0 Å². The lowest BCUT2D eigenvalue weighted by Gasteiger charge is -2.25. The smallest absolute Gasteiger partial charge is 0.123 e. The molecule has 0 amide bonds. The third-order valence-corrected chi connectivity index (χ3v) is 2.18. The first-order valence-corrected chi connectivity index (χ1v) is 3.92. The Kier molecular flexibility index (Phi) is 4.61. The number of methoxy groups -OCH3 is 1. The molecule has 3 heteroatoms. The number of ether oxygens (including phenoxy) is 1. The van der Waals surface area contributed by atoms with Crippen LogP contribution < -0.4 is 5.73 Å². The fourth-order valence-electron chi connectivity index (χ4n) is 0.797. The molecule has 2 atom stereocenters. The molecular weight excluding hydrogens is 145 g/mol. The molecule has 0 rings (SSSR count). The van der Waals surface area contributed by atoms with Crippen molar-refractivity contribution in [2.45, 2.75) is 25.9 Å². The van der Waals surface area contributed by atoms with E-state index >= 15 is 0 Å². The molecule has 0 fully saturated rings. The summed E-state index contributed by atoms with van der Waals surface area (Å²) in [6, 6.07) is 0. The van der Waals surface area contributed by atoms with E-state index in [9.17, 15) is 4.39 Å². The van der Waals surface area contributed by atoms with Crippen molar-refractivity contribution in [1.29, 1.82) is 0 Å². The summed E-state index contributed by atoms with van der Waals surface area (Å²) in [6.07, 6.45) is 0.723. The fraction of sp³-hybridized carbons (Fsp3) is 1.00. The monoisotopic (exact) mass is 163 g/mol. The molecule has 0 saturated carbocycles. The average molecular weight is 163 g/mol. The van der Waals surface area contributed by atoms with Crippen LogP contribution in [-0.4, -0.2) is 25.9 Å². The van der Waals surface area contributed by atoms with Crippen molar-refractivity contribution in [1.82, 2.24) is 0 Å². The maximum Gasteiger partial charge on any atom is 0.123 e. The van der Waals surface area contributed by atoms with Crippen LogP contribution in [0.1, 0.15) is 20.3 Å². The van der Waals surface area contributed by atoms with Gasteiger partial charge in [0.2, 0.25) is 0 Å². The molecule has 2 nitrogen and oxygen atoms in total. The molecule has 68 valence electrons. The Hall–Kier alpha value is -0.150. The zero-order chi connectivity index (χ0) is 8.91. The first-order chi connectivity index (χ1) is 5.04. The number of halogens is 1. The largest absolute Gasteiger partial charge is 0.385 e. The number of alkyl halides is 1. The van der Waals surface area contributed by atoms with Crippen LogP contribution in [0.4, 0.5) is 4.39 Å². The van der Waals surface area contributed by atoms with Gasteiger partial charge >= 0.3 is 0 Å². The summed E-state index contributed by atoms with van der Waals surface area (Å²) < 4.78 is 18.2. The molecule has 0 bridgehead atoms. The van der Waals surface area contributed by atoms with Crippen molar-refractivity contribution >= 4 is 0 Å². The molecule has 11 heavy (non-hydrogen) atoms. The highest BCUT2D eigenvalue weighted by Gasteiger charge is 2.28. The second kappa shape index (κ2) is 4.67. The molecular formula is C8H18FNO. The summed E-state index contributed by atoms with van der Waals surface area (Å²) in [6.45, 7) is 4.07. The quantitative estimate of drug-likeness (QED) is 0.664. The summed E-state index contributed by atoms with van der Waals surface area (Å²) in [4.78, 5) is 0. The van der Waals surface area contributed by atoms with Crippen molar-refractivity contribution in [2.24, 2.45) is 11.7 Å². The van der Waals surface area contributed by atoms with Gasteiger partial charge in [-0.15, -0.1) is 0 Å². The standard InChI is InChI=1S/C8H18FNO/c1-7(4-5-11-3)8(2,9)6-10/h7H,4-6,10H2,1-3H3. The molecule has 0 spiro atoms. The minimum Gasteiger partial charge on any atom is -0.385 e. The molecule has 0 aromatic heterocycles. The minimum atomic E-state index is -1.25. The highest BCUT2D eigenvalue weighted by Crippen LogP contribution is 2.23. The predicted octanol–water partition coefficient (Wildman–Crippen LogP) is 1.35. The van der Waals surface area contributed by atoms with Crippen LogP contribution in [0.25, 0.3) is 0 Å². The molecule has 0 aliphatic rings. The predicted molar refractivity (Wildman–Crippen MR) is 44.2 cm³/mol. The van der Waals surface area contributed by atoms with Gasteiger partial charge in [-0.3, -0.25) is 0 Å². The van der Waals surface area contributed by atoms with E-state index in [2.05, 4.69) is 0 Å². The van der Waals surface area contributed by atoms with Crippen LogP contribution in [-0.2, 0) is 4.74 Å². The molecule has 0 aromatic rings. The van der Waals surface area contributed by atoms with Gasteiger partial charge in [0.1, 0.15) is 5.67 Å². The van der Waals surface area contributed by atoms with Gasteiger partial charge in [-0.2, -0.15) is 0 Å². The number of nitrogens with two attached hydrogens (primary N) is 1. The second-order valence-electron chi connectivity index (χ2n) is 3.16. The Morgan fingerprint density at radius 3 is 2.55 bits per heavy atom. The molecule has 2 unspecified atom stereocenters. The zero-order valence-electron chi connectivity index (χ0n) is 7.56. The van der Waals surface area contributed by atoms with Gasteiger partial charge in [-0.25, -0.2) is 4.39 Å². The maximum atomic E-state index is 13.4. The van der Waals surface area contributed by atoms with Crippen molar-refractivity contribution in [3.63, 3.8) is 0 Å². The summed E-state index contributed by atoms with van der Waals surface area (Å²) in [5.41, 5.74) is 4.01. The van der Waals surface area contributed by atoms with Crippen LogP contribution in [0.3, 0.4) is 0 Å². The molecule has 0 radical (unpaired) electrons. The Bertz CT molecular complexity index is 106. The van der Waals surface area contributed by atoms with Gasteiger partial charge in [0.15, 0.2) is 0 Å². The lowest BCUT2D eigenvalue weighted by molar-refractivity contribution is 0.0879. The van der Waals surface area contributed by atoms with Crippen molar-refractivity contribution < 1.29 is 9.13 Å².